The van der Waals surface area contributed by atoms with Crippen LogP contribution in [0.15, 0.2) is 11.7 Å². The molecular weight excluding hydrogens is 381 g/mol. The molecule has 0 aliphatic heterocycles. The summed E-state index contributed by atoms with van der Waals surface area (Å²) in [4.78, 5) is 0. The van der Waals surface area contributed by atoms with Crippen LogP contribution in [0, 0.1) is 0 Å². The van der Waals surface area contributed by atoms with Gasteiger partial charge in [0.15, 0.2) is 0 Å². The fourth-order valence-electron chi connectivity index (χ4n) is 1.55. The molecule has 0 aromatic heterocycles. The third-order valence-electron chi connectivity index (χ3n) is 3.01. The first-order valence-electron chi connectivity index (χ1n) is 7.03. The molecule has 0 aliphatic carbocycles. The first-order valence-corrected chi connectivity index (χ1v) is 7.03. The van der Waals surface area contributed by atoms with Crippen molar-refractivity contribution in [2.45, 2.75) is 63.2 Å². The van der Waals surface area contributed by atoms with Gasteiger partial charge < -0.3 is 4.74 Å². The first kappa shape index (κ1) is 23.9. The molecule has 0 aromatic rings. The van der Waals surface area contributed by atoms with E-state index in [1.54, 1.807) is 0 Å². The van der Waals surface area contributed by atoms with E-state index in [-0.39, 0.29) is 6.42 Å². The standard InChI is InChI=1S/C13H15F11O/c1-2-3-4-5-6-7-25-11(18,19)9(15)8(14)10(16,17)12(20,21)13(22,23)24/h2-7H2,1H3. The molecular formula is C13H15F11O. The summed E-state index contributed by atoms with van der Waals surface area (Å²) in [7, 11) is 0. The summed E-state index contributed by atoms with van der Waals surface area (Å²) in [5, 5.41) is 0. The minimum absolute atomic E-state index is 0.112. The van der Waals surface area contributed by atoms with Crippen molar-refractivity contribution >= 4 is 0 Å². The van der Waals surface area contributed by atoms with Crippen LogP contribution in [-0.2, 0) is 4.74 Å². The van der Waals surface area contributed by atoms with E-state index in [2.05, 4.69) is 4.74 Å². The van der Waals surface area contributed by atoms with E-state index in [4.69, 9.17) is 0 Å². The van der Waals surface area contributed by atoms with Crippen LogP contribution < -0.4 is 0 Å². The second-order valence-corrected chi connectivity index (χ2v) is 5.05. The van der Waals surface area contributed by atoms with E-state index in [9.17, 15) is 48.3 Å². The van der Waals surface area contributed by atoms with Gasteiger partial charge in [-0.1, -0.05) is 32.6 Å². The summed E-state index contributed by atoms with van der Waals surface area (Å²) in [6.45, 7) is 0.892. The molecule has 0 bridgehead atoms. The van der Waals surface area contributed by atoms with Gasteiger partial charge in [-0.2, -0.15) is 43.9 Å². The fourth-order valence-corrected chi connectivity index (χ4v) is 1.55. The van der Waals surface area contributed by atoms with Gasteiger partial charge in [0.1, 0.15) is 0 Å². The highest BCUT2D eigenvalue weighted by Crippen LogP contribution is 2.52. The van der Waals surface area contributed by atoms with E-state index in [1.165, 1.54) is 0 Å². The molecule has 0 unspecified atom stereocenters. The second kappa shape index (κ2) is 8.54. The number of halogens is 11. The molecule has 12 heteroatoms. The quantitative estimate of drug-likeness (QED) is 0.301. The lowest BCUT2D eigenvalue weighted by atomic mass is 10.1. The van der Waals surface area contributed by atoms with Crippen molar-refractivity contribution in [3.8, 4) is 0 Å². The smallest absolute Gasteiger partial charge is 0.315 e. The van der Waals surface area contributed by atoms with Gasteiger partial charge in [0, 0.05) is 0 Å². The number of ether oxygens (including phenoxy) is 1. The van der Waals surface area contributed by atoms with Gasteiger partial charge >= 0.3 is 24.1 Å². The molecule has 0 saturated carbocycles. The predicted molar refractivity (Wildman–Crippen MR) is 64.8 cm³/mol. The van der Waals surface area contributed by atoms with E-state index >= 15 is 0 Å². The number of unbranched alkanes of at least 4 members (excludes halogenated alkanes) is 4. The molecule has 0 fully saturated rings. The Kier molecular flexibility index (Phi) is 8.18. The summed E-state index contributed by atoms with van der Waals surface area (Å²) in [6.07, 6.45) is -10.1. The van der Waals surface area contributed by atoms with Crippen molar-refractivity contribution in [1.29, 1.82) is 0 Å². The van der Waals surface area contributed by atoms with Crippen LogP contribution in [0.2, 0.25) is 0 Å². The topological polar surface area (TPSA) is 9.23 Å². The molecule has 0 radical (unpaired) electrons. The molecule has 1 nitrogen and oxygen atoms in total. The van der Waals surface area contributed by atoms with E-state index in [1.807, 2.05) is 6.92 Å². The summed E-state index contributed by atoms with van der Waals surface area (Å²) in [5.74, 6) is -22.1. The summed E-state index contributed by atoms with van der Waals surface area (Å²) in [6, 6.07) is 0. The van der Waals surface area contributed by atoms with E-state index < -0.39 is 42.4 Å². The Labute approximate surface area is 135 Å². The maximum atomic E-state index is 13.1. The first-order chi connectivity index (χ1) is 11.1. The fraction of sp³-hybridized carbons (Fsp3) is 0.846. The Hall–Kier alpha value is -1.07. The molecule has 0 atom stereocenters. The van der Waals surface area contributed by atoms with Crippen molar-refractivity contribution < 1.29 is 53.0 Å². The molecule has 0 rings (SSSR count). The molecule has 0 aromatic carbocycles. The van der Waals surface area contributed by atoms with Crippen molar-refractivity contribution in [3.05, 3.63) is 11.7 Å². The zero-order chi connectivity index (χ0) is 20.1. The molecule has 0 saturated heterocycles. The summed E-state index contributed by atoms with van der Waals surface area (Å²) in [5.41, 5.74) is 0. The number of allylic oxidation sites excluding steroid dienone is 1. The van der Waals surface area contributed by atoms with Crippen molar-refractivity contribution in [2.75, 3.05) is 6.61 Å². The zero-order valence-corrected chi connectivity index (χ0v) is 12.8. The van der Waals surface area contributed by atoms with Gasteiger partial charge in [0.2, 0.25) is 11.7 Å². The average molecular weight is 396 g/mol. The van der Waals surface area contributed by atoms with E-state index in [0.717, 1.165) is 12.8 Å². The molecule has 0 aliphatic rings. The van der Waals surface area contributed by atoms with Crippen molar-refractivity contribution in [3.63, 3.8) is 0 Å². The Morgan fingerprint density at radius 3 is 1.64 bits per heavy atom. The largest absolute Gasteiger partial charge is 0.460 e. The highest BCUT2D eigenvalue weighted by molar-refractivity contribution is 5.19. The Bertz CT molecular complexity index is 453. The third-order valence-corrected chi connectivity index (χ3v) is 3.01. The highest BCUT2D eigenvalue weighted by Gasteiger charge is 2.76. The minimum Gasteiger partial charge on any atom is -0.315 e. The van der Waals surface area contributed by atoms with Gasteiger partial charge in [-0.25, -0.2) is 4.39 Å². The van der Waals surface area contributed by atoms with Crippen molar-refractivity contribution in [1.82, 2.24) is 0 Å². The van der Waals surface area contributed by atoms with Crippen LogP contribution in [0.25, 0.3) is 0 Å². The number of alkyl halides is 9. The summed E-state index contributed by atoms with van der Waals surface area (Å²) < 4.78 is 142. The maximum absolute atomic E-state index is 13.1. The third kappa shape index (κ3) is 5.71. The molecule has 0 heterocycles. The molecule has 0 N–H and O–H groups in total. The van der Waals surface area contributed by atoms with E-state index in [0.29, 0.717) is 12.8 Å². The Morgan fingerprint density at radius 2 is 1.20 bits per heavy atom. The Morgan fingerprint density at radius 1 is 0.720 bits per heavy atom. The van der Waals surface area contributed by atoms with Crippen LogP contribution >= 0.6 is 0 Å². The van der Waals surface area contributed by atoms with Gasteiger partial charge in [-0.3, -0.25) is 0 Å². The number of rotatable bonds is 10. The van der Waals surface area contributed by atoms with Crippen molar-refractivity contribution in [2.24, 2.45) is 0 Å². The lowest BCUT2D eigenvalue weighted by molar-refractivity contribution is -0.349. The zero-order valence-electron chi connectivity index (χ0n) is 12.8. The minimum atomic E-state index is -7.10. The van der Waals surface area contributed by atoms with Crippen LogP contribution in [0.3, 0.4) is 0 Å². The predicted octanol–water partition coefficient (Wildman–Crippen LogP) is 6.55. The van der Waals surface area contributed by atoms with Crippen LogP contribution in [0.4, 0.5) is 48.3 Å². The molecule has 150 valence electrons. The molecule has 0 spiro atoms. The highest BCUT2D eigenvalue weighted by atomic mass is 19.4. The number of hydrogen-bond acceptors (Lipinski definition) is 1. The van der Waals surface area contributed by atoms with Crippen LogP contribution in [0.5, 0.6) is 0 Å². The lowest BCUT2D eigenvalue weighted by Crippen LogP contribution is -2.53. The molecule has 0 amide bonds. The van der Waals surface area contributed by atoms with Crippen LogP contribution in [-0.4, -0.2) is 30.7 Å². The number of hydrogen-bond donors (Lipinski definition) is 0. The van der Waals surface area contributed by atoms with Gasteiger partial charge in [-0.05, 0) is 6.42 Å². The normalized spacial score (nSPS) is 15.4. The van der Waals surface area contributed by atoms with Gasteiger partial charge in [-0.15, -0.1) is 0 Å². The second-order valence-electron chi connectivity index (χ2n) is 5.05. The lowest BCUT2D eigenvalue weighted by Gasteiger charge is -2.27. The van der Waals surface area contributed by atoms with Gasteiger partial charge in [0.25, 0.3) is 0 Å². The Balaban J connectivity index is 5.20. The van der Waals surface area contributed by atoms with Gasteiger partial charge in [0.05, 0.1) is 6.61 Å². The average Bonchev–Trinajstić information content (AvgIpc) is 2.47. The monoisotopic (exact) mass is 396 g/mol. The molecule has 25 heavy (non-hydrogen) atoms. The summed E-state index contributed by atoms with van der Waals surface area (Å²) >= 11 is 0. The van der Waals surface area contributed by atoms with Crippen LogP contribution in [0.1, 0.15) is 39.0 Å². The maximum Gasteiger partial charge on any atom is 0.460 e. The SMILES string of the molecule is CCCCCCCOC(F)(F)C(F)=C(F)C(F)(F)C(F)(F)C(F)(F)F.